The molecule has 0 fully saturated rings. The average molecular weight is 725 g/mol. The van der Waals surface area contributed by atoms with Gasteiger partial charge in [0.25, 0.3) is 0 Å². The molecule has 7 aromatic carbocycles. The molecule has 0 aliphatic carbocycles. The van der Waals surface area contributed by atoms with Crippen molar-refractivity contribution >= 4 is 73.9 Å². The molecule has 4 heterocycles. The third kappa shape index (κ3) is 5.03. The van der Waals surface area contributed by atoms with Gasteiger partial charge in [0, 0.05) is 73.5 Å². The molecular formula is C48H28N4S2. The van der Waals surface area contributed by atoms with Crippen LogP contribution in [-0.2, 0) is 0 Å². The zero-order chi connectivity index (χ0) is 35.6. The lowest BCUT2D eigenvalue weighted by molar-refractivity contribution is 1.07. The first-order valence-corrected chi connectivity index (χ1v) is 19.5. The second kappa shape index (κ2) is 12.5. The minimum atomic E-state index is 0.631. The topological polar surface area (TPSA) is 51.6 Å². The van der Waals surface area contributed by atoms with Gasteiger partial charge >= 0.3 is 0 Å². The van der Waals surface area contributed by atoms with E-state index in [1.807, 2.05) is 83.3 Å². The van der Waals surface area contributed by atoms with E-state index in [1.165, 1.54) is 56.9 Å². The van der Waals surface area contributed by atoms with Gasteiger partial charge in [0.1, 0.15) is 0 Å². The molecule has 252 valence electrons. The van der Waals surface area contributed by atoms with Gasteiger partial charge in [0.05, 0.1) is 11.2 Å². The van der Waals surface area contributed by atoms with Crippen molar-refractivity contribution < 1.29 is 0 Å². The summed E-state index contributed by atoms with van der Waals surface area (Å²) < 4.78 is 5.12. The van der Waals surface area contributed by atoms with Crippen LogP contribution in [0, 0.1) is 0 Å². The molecule has 0 unspecified atom stereocenters. The van der Waals surface area contributed by atoms with E-state index >= 15 is 0 Å². The van der Waals surface area contributed by atoms with Crippen LogP contribution in [0.2, 0.25) is 0 Å². The first-order chi connectivity index (χ1) is 26.8. The van der Waals surface area contributed by atoms with Crippen LogP contribution < -0.4 is 0 Å². The van der Waals surface area contributed by atoms with Gasteiger partial charge in [-0.1, -0.05) is 152 Å². The Morgan fingerprint density at radius 1 is 0.315 bits per heavy atom. The molecule has 0 aliphatic rings. The normalized spacial score (nSPS) is 11.7. The van der Waals surface area contributed by atoms with Gasteiger partial charge in [-0.25, -0.2) is 19.9 Å². The van der Waals surface area contributed by atoms with Crippen molar-refractivity contribution in [1.29, 1.82) is 0 Å². The monoisotopic (exact) mass is 724 g/mol. The Morgan fingerprint density at radius 3 is 1.50 bits per heavy atom. The zero-order valence-electron chi connectivity index (χ0n) is 28.8. The van der Waals surface area contributed by atoms with Crippen molar-refractivity contribution in [2.75, 3.05) is 0 Å². The second-order valence-electron chi connectivity index (χ2n) is 13.4. The lowest BCUT2D eigenvalue weighted by Crippen LogP contribution is -2.00. The number of thiophene rings is 2. The SMILES string of the molecule is c1ccc(-c2nc(-c3ccccc3)nc(-c3ccc(-c4nc5cccc(-c6cccc7c6sc6ccccc67)c5c5sc6ccccc6c45)cc3)n2)cc1. The molecule has 0 radical (unpaired) electrons. The molecule has 11 aromatic rings. The molecule has 0 N–H and O–H groups in total. The predicted molar refractivity (Wildman–Crippen MR) is 228 cm³/mol. The summed E-state index contributed by atoms with van der Waals surface area (Å²) in [6, 6.07) is 59.4. The number of aromatic nitrogens is 4. The third-order valence-electron chi connectivity index (χ3n) is 10.1. The Hall–Kier alpha value is -6.60. The van der Waals surface area contributed by atoms with Crippen LogP contribution in [0.15, 0.2) is 170 Å². The van der Waals surface area contributed by atoms with Crippen LogP contribution in [0.3, 0.4) is 0 Å². The van der Waals surface area contributed by atoms with E-state index in [1.54, 1.807) is 0 Å². The van der Waals surface area contributed by atoms with Gasteiger partial charge in [0.15, 0.2) is 17.5 Å². The number of pyridine rings is 1. The molecule has 11 rings (SSSR count). The number of fused-ring (bicyclic) bond motifs is 8. The van der Waals surface area contributed by atoms with Crippen LogP contribution in [0.1, 0.15) is 0 Å². The fraction of sp³-hybridized carbons (Fsp3) is 0. The van der Waals surface area contributed by atoms with Crippen LogP contribution in [0.4, 0.5) is 0 Å². The molecule has 6 heteroatoms. The minimum Gasteiger partial charge on any atom is -0.247 e. The Morgan fingerprint density at radius 2 is 0.815 bits per heavy atom. The first kappa shape index (κ1) is 31.0. The molecule has 0 atom stereocenters. The van der Waals surface area contributed by atoms with E-state index in [-0.39, 0.29) is 0 Å². The minimum absolute atomic E-state index is 0.631. The molecular weight excluding hydrogens is 697 g/mol. The predicted octanol–water partition coefficient (Wildman–Crippen LogP) is 13.5. The van der Waals surface area contributed by atoms with Gasteiger partial charge in [-0.05, 0) is 23.8 Å². The Bertz CT molecular complexity index is 3150. The van der Waals surface area contributed by atoms with E-state index < -0.39 is 0 Å². The van der Waals surface area contributed by atoms with Gasteiger partial charge in [-0.3, -0.25) is 0 Å². The van der Waals surface area contributed by atoms with Crippen molar-refractivity contribution in [3.63, 3.8) is 0 Å². The summed E-state index contributed by atoms with van der Waals surface area (Å²) in [4.78, 5) is 20.3. The highest BCUT2D eigenvalue weighted by atomic mass is 32.1. The van der Waals surface area contributed by atoms with E-state index in [4.69, 9.17) is 19.9 Å². The van der Waals surface area contributed by atoms with Gasteiger partial charge in [-0.15, -0.1) is 22.7 Å². The van der Waals surface area contributed by atoms with Gasteiger partial charge < -0.3 is 0 Å². The van der Waals surface area contributed by atoms with Crippen molar-refractivity contribution in [3.8, 4) is 56.5 Å². The van der Waals surface area contributed by atoms with Crippen LogP contribution in [0.25, 0.3) is 108 Å². The average Bonchev–Trinajstić information content (AvgIpc) is 3.83. The van der Waals surface area contributed by atoms with E-state index in [0.717, 1.165) is 33.5 Å². The Labute approximate surface area is 318 Å². The molecule has 0 saturated heterocycles. The molecule has 4 aromatic heterocycles. The maximum atomic E-state index is 5.48. The fourth-order valence-electron chi connectivity index (χ4n) is 7.61. The maximum absolute atomic E-state index is 5.48. The smallest absolute Gasteiger partial charge is 0.164 e. The number of rotatable bonds is 5. The summed E-state index contributed by atoms with van der Waals surface area (Å²) in [5.74, 6) is 1.92. The zero-order valence-corrected chi connectivity index (χ0v) is 30.4. The number of hydrogen-bond donors (Lipinski definition) is 0. The van der Waals surface area contributed by atoms with Crippen LogP contribution >= 0.6 is 22.7 Å². The highest BCUT2D eigenvalue weighted by Crippen LogP contribution is 2.48. The molecule has 54 heavy (non-hydrogen) atoms. The summed E-state index contributed by atoms with van der Waals surface area (Å²) >= 11 is 3.72. The molecule has 0 amide bonds. The summed E-state index contributed by atoms with van der Waals surface area (Å²) in [5, 5.41) is 6.21. The van der Waals surface area contributed by atoms with Gasteiger partial charge in [-0.2, -0.15) is 0 Å². The molecule has 0 aliphatic heterocycles. The van der Waals surface area contributed by atoms with Crippen molar-refractivity contribution in [3.05, 3.63) is 170 Å². The molecule has 0 bridgehead atoms. The molecule has 4 nitrogen and oxygen atoms in total. The highest BCUT2D eigenvalue weighted by Gasteiger charge is 2.21. The van der Waals surface area contributed by atoms with Crippen molar-refractivity contribution in [1.82, 2.24) is 19.9 Å². The van der Waals surface area contributed by atoms with E-state index in [0.29, 0.717) is 17.5 Å². The number of hydrogen-bond acceptors (Lipinski definition) is 6. The summed E-state index contributed by atoms with van der Waals surface area (Å²) in [5.41, 5.74) is 8.29. The number of benzene rings is 7. The van der Waals surface area contributed by atoms with Crippen LogP contribution in [0.5, 0.6) is 0 Å². The highest BCUT2D eigenvalue weighted by molar-refractivity contribution is 7.27. The maximum Gasteiger partial charge on any atom is 0.164 e. The third-order valence-corrected chi connectivity index (χ3v) is 12.6. The molecule has 0 spiro atoms. The number of nitrogens with zero attached hydrogens (tertiary/aromatic N) is 4. The Balaban J connectivity index is 1.10. The first-order valence-electron chi connectivity index (χ1n) is 17.9. The fourth-order valence-corrected chi connectivity index (χ4v) is 10.1. The second-order valence-corrected chi connectivity index (χ2v) is 15.5. The Kier molecular flexibility index (Phi) is 7.18. The summed E-state index contributed by atoms with van der Waals surface area (Å²) in [6.45, 7) is 0. The van der Waals surface area contributed by atoms with E-state index in [9.17, 15) is 0 Å². The van der Waals surface area contributed by atoms with Crippen molar-refractivity contribution in [2.24, 2.45) is 0 Å². The molecule has 0 saturated carbocycles. The van der Waals surface area contributed by atoms with Crippen LogP contribution in [-0.4, -0.2) is 19.9 Å². The van der Waals surface area contributed by atoms with Crippen molar-refractivity contribution in [2.45, 2.75) is 0 Å². The quantitative estimate of drug-likeness (QED) is 0.177. The van der Waals surface area contributed by atoms with Gasteiger partial charge in [0.2, 0.25) is 0 Å². The largest absolute Gasteiger partial charge is 0.247 e. The lowest BCUT2D eigenvalue weighted by atomic mass is 9.96. The van der Waals surface area contributed by atoms with E-state index in [2.05, 4.69) is 109 Å². The summed E-state index contributed by atoms with van der Waals surface area (Å²) in [6.07, 6.45) is 0. The standard InChI is InChI=1S/C48H28N4S2/c1-3-13-30(14-4-1)46-50-47(31-15-5-2-6-16-31)52-48(51-46)32-27-25-29(26-28-32)43-42-37-18-8-10-24-40(37)54-45(42)41-34(19-12-22-38(41)49-43)36-21-11-20-35-33-17-7-9-23-39(33)53-44(35)36/h1-28H. The summed E-state index contributed by atoms with van der Waals surface area (Å²) in [7, 11) is 0. The lowest BCUT2D eigenvalue weighted by Gasteiger charge is -2.13.